The van der Waals surface area contributed by atoms with Gasteiger partial charge >= 0.3 is 0 Å². The predicted molar refractivity (Wildman–Crippen MR) is 64.3 cm³/mol. The molecule has 2 N–H and O–H groups in total. The molecular weight excluding hydrogens is 216 g/mol. The summed E-state index contributed by atoms with van der Waals surface area (Å²) in [7, 11) is 1.87. The first-order valence-corrected chi connectivity index (χ1v) is 5.87. The summed E-state index contributed by atoms with van der Waals surface area (Å²) in [6, 6.07) is 0.168. The first kappa shape index (κ1) is 11.8. The number of hydrogen-bond acceptors (Lipinski definition) is 4. The third-order valence-electron chi connectivity index (χ3n) is 2.55. The normalized spacial score (nSPS) is 12.8. The number of aromatic nitrogens is 5. The molecule has 2 rings (SSSR count). The minimum atomic E-state index is 0.168. The number of aryl methyl sites for hydroxylation is 1. The van der Waals surface area contributed by atoms with Crippen molar-refractivity contribution in [1.29, 1.82) is 0 Å². The molecule has 6 nitrogen and oxygen atoms in total. The van der Waals surface area contributed by atoms with Gasteiger partial charge in [-0.05, 0) is 13.0 Å². The van der Waals surface area contributed by atoms with E-state index in [0.29, 0.717) is 0 Å². The van der Waals surface area contributed by atoms with Crippen LogP contribution in [0.5, 0.6) is 0 Å². The van der Waals surface area contributed by atoms with Gasteiger partial charge in [0.1, 0.15) is 5.82 Å². The Kier molecular flexibility index (Phi) is 3.87. The highest BCUT2D eigenvalue weighted by atomic mass is 15.4. The molecule has 0 spiro atoms. The third-order valence-corrected chi connectivity index (χ3v) is 2.55. The van der Waals surface area contributed by atoms with Crippen LogP contribution in [0.4, 0.5) is 0 Å². The lowest BCUT2D eigenvalue weighted by atomic mass is 10.1. The lowest BCUT2D eigenvalue weighted by Crippen LogP contribution is -2.25. The second-order valence-electron chi connectivity index (χ2n) is 4.07. The largest absolute Gasteiger partial charge is 0.347 e. The van der Waals surface area contributed by atoms with Gasteiger partial charge in [0.15, 0.2) is 0 Å². The number of H-pyrrole nitrogens is 1. The maximum atomic E-state index is 4.30. The van der Waals surface area contributed by atoms with Crippen LogP contribution in [-0.4, -0.2) is 31.5 Å². The third kappa shape index (κ3) is 3.13. The van der Waals surface area contributed by atoms with Crippen molar-refractivity contribution in [2.24, 2.45) is 7.05 Å². The monoisotopic (exact) mass is 234 g/mol. The van der Waals surface area contributed by atoms with E-state index in [-0.39, 0.29) is 6.04 Å². The van der Waals surface area contributed by atoms with E-state index in [4.69, 9.17) is 0 Å². The topological polar surface area (TPSA) is 71.4 Å². The van der Waals surface area contributed by atoms with Crippen molar-refractivity contribution >= 4 is 0 Å². The van der Waals surface area contributed by atoms with E-state index >= 15 is 0 Å². The van der Waals surface area contributed by atoms with Crippen LogP contribution in [0.15, 0.2) is 18.6 Å². The standard InChI is InChI=1S/C11H18N6/c1-3-4-12-10(11-13-5-6-14-11)7-9-8-17(2)16-15-9/h5-6,8,10,12H,3-4,7H2,1-2H3,(H,13,14). The summed E-state index contributed by atoms with van der Waals surface area (Å²) in [5.74, 6) is 0.948. The molecule has 0 saturated carbocycles. The smallest absolute Gasteiger partial charge is 0.123 e. The molecule has 1 unspecified atom stereocenters. The highest BCUT2D eigenvalue weighted by Crippen LogP contribution is 2.13. The first-order valence-electron chi connectivity index (χ1n) is 5.87. The van der Waals surface area contributed by atoms with Crippen LogP contribution in [0, 0.1) is 0 Å². The van der Waals surface area contributed by atoms with Gasteiger partial charge in [0, 0.05) is 32.1 Å². The summed E-state index contributed by atoms with van der Waals surface area (Å²) in [5.41, 5.74) is 0.970. The number of rotatable bonds is 6. The molecule has 17 heavy (non-hydrogen) atoms. The Morgan fingerprint density at radius 2 is 2.41 bits per heavy atom. The second kappa shape index (κ2) is 5.58. The lowest BCUT2D eigenvalue weighted by molar-refractivity contribution is 0.503. The van der Waals surface area contributed by atoms with Crippen LogP contribution in [0.1, 0.15) is 30.9 Å². The Morgan fingerprint density at radius 3 is 3.00 bits per heavy atom. The van der Waals surface area contributed by atoms with Gasteiger partial charge in [-0.3, -0.25) is 4.68 Å². The van der Waals surface area contributed by atoms with Crippen LogP contribution < -0.4 is 5.32 Å². The van der Waals surface area contributed by atoms with E-state index in [1.807, 2.05) is 19.4 Å². The average Bonchev–Trinajstić information content (AvgIpc) is 2.95. The number of aromatic amines is 1. The van der Waals surface area contributed by atoms with Crippen molar-refractivity contribution < 1.29 is 0 Å². The maximum absolute atomic E-state index is 4.30. The summed E-state index contributed by atoms with van der Waals surface area (Å²) in [6.45, 7) is 3.11. The lowest BCUT2D eigenvalue weighted by Gasteiger charge is -2.14. The first-order chi connectivity index (χ1) is 8.29. The molecule has 0 aliphatic rings. The zero-order chi connectivity index (χ0) is 12.1. The van der Waals surface area contributed by atoms with E-state index in [1.54, 1.807) is 10.9 Å². The van der Waals surface area contributed by atoms with E-state index in [0.717, 1.165) is 30.9 Å². The molecule has 6 heteroatoms. The van der Waals surface area contributed by atoms with Crippen molar-refractivity contribution in [3.63, 3.8) is 0 Å². The molecule has 0 radical (unpaired) electrons. The van der Waals surface area contributed by atoms with Gasteiger partial charge in [0.25, 0.3) is 0 Å². The molecule has 2 aromatic rings. The summed E-state index contributed by atoms with van der Waals surface area (Å²) in [6.07, 6.45) is 7.43. The molecule has 0 amide bonds. The van der Waals surface area contributed by atoms with E-state index in [1.165, 1.54) is 0 Å². The Labute approximate surface area is 100 Å². The van der Waals surface area contributed by atoms with Crippen LogP contribution >= 0.6 is 0 Å². The van der Waals surface area contributed by atoms with Gasteiger partial charge in [-0.2, -0.15) is 0 Å². The number of hydrogen-bond donors (Lipinski definition) is 2. The molecule has 0 saturated heterocycles. The predicted octanol–water partition coefficient (Wildman–Crippen LogP) is 0.822. The van der Waals surface area contributed by atoms with Gasteiger partial charge < -0.3 is 10.3 Å². The summed E-state index contributed by atoms with van der Waals surface area (Å²) >= 11 is 0. The molecule has 0 bridgehead atoms. The Morgan fingerprint density at radius 1 is 1.53 bits per heavy atom. The molecule has 0 aromatic carbocycles. The quantitative estimate of drug-likeness (QED) is 0.776. The molecule has 0 aliphatic carbocycles. The van der Waals surface area contributed by atoms with Crippen LogP contribution in [0.25, 0.3) is 0 Å². The van der Waals surface area contributed by atoms with Crippen LogP contribution in [0.2, 0.25) is 0 Å². The maximum Gasteiger partial charge on any atom is 0.123 e. The number of nitrogens with one attached hydrogen (secondary N) is 2. The van der Waals surface area contributed by atoms with Gasteiger partial charge in [0.2, 0.25) is 0 Å². The zero-order valence-electron chi connectivity index (χ0n) is 10.2. The highest BCUT2D eigenvalue weighted by Gasteiger charge is 2.15. The van der Waals surface area contributed by atoms with Crippen molar-refractivity contribution in [1.82, 2.24) is 30.3 Å². The minimum absolute atomic E-state index is 0.168. The van der Waals surface area contributed by atoms with E-state index in [9.17, 15) is 0 Å². The van der Waals surface area contributed by atoms with Crippen LogP contribution in [-0.2, 0) is 13.5 Å². The Hall–Kier alpha value is -1.69. The van der Waals surface area contributed by atoms with Crippen molar-refractivity contribution in [3.05, 3.63) is 30.1 Å². The number of imidazole rings is 1. The van der Waals surface area contributed by atoms with E-state index in [2.05, 4.69) is 32.5 Å². The molecule has 92 valence electrons. The van der Waals surface area contributed by atoms with Gasteiger partial charge in [-0.1, -0.05) is 12.1 Å². The van der Waals surface area contributed by atoms with Gasteiger partial charge in [-0.15, -0.1) is 5.10 Å². The zero-order valence-corrected chi connectivity index (χ0v) is 10.2. The average molecular weight is 234 g/mol. The fraction of sp³-hybridized carbons (Fsp3) is 0.545. The number of nitrogens with zero attached hydrogens (tertiary/aromatic N) is 4. The summed E-state index contributed by atoms with van der Waals surface area (Å²) < 4.78 is 1.72. The fourth-order valence-corrected chi connectivity index (χ4v) is 1.75. The highest BCUT2D eigenvalue weighted by molar-refractivity contribution is 5.03. The Balaban J connectivity index is 2.05. The fourth-order valence-electron chi connectivity index (χ4n) is 1.75. The molecule has 2 heterocycles. The van der Waals surface area contributed by atoms with Gasteiger partial charge in [0.05, 0.1) is 11.7 Å². The van der Waals surface area contributed by atoms with Crippen molar-refractivity contribution in [3.8, 4) is 0 Å². The second-order valence-corrected chi connectivity index (χ2v) is 4.07. The van der Waals surface area contributed by atoms with E-state index < -0.39 is 0 Å². The van der Waals surface area contributed by atoms with Crippen molar-refractivity contribution in [2.45, 2.75) is 25.8 Å². The molecule has 2 aromatic heterocycles. The Bertz CT molecular complexity index is 433. The molecule has 0 aliphatic heterocycles. The summed E-state index contributed by atoms with van der Waals surface area (Å²) in [5, 5.41) is 11.5. The SMILES string of the molecule is CCCNC(Cc1cn(C)nn1)c1ncc[nH]1. The van der Waals surface area contributed by atoms with Gasteiger partial charge in [-0.25, -0.2) is 4.98 Å². The molecule has 1 atom stereocenters. The molecular formula is C11H18N6. The van der Waals surface area contributed by atoms with Crippen LogP contribution in [0.3, 0.4) is 0 Å². The summed E-state index contributed by atoms with van der Waals surface area (Å²) in [4.78, 5) is 7.44. The van der Waals surface area contributed by atoms with Crippen molar-refractivity contribution in [2.75, 3.05) is 6.54 Å². The minimum Gasteiger partial charge on any atom is -0.347 e. The molecule has 0 fully saturated rings.